The number of carbonyl (C=O) groups excluding carboxylic acids is 1. The summed E-state index contributed by atoms with van der Waals surface area (Å²) in [6, 6.07) is 15.7. The van der Waals surface area contributed by atoms with Crippen molar-refractivity contribution in [1.82, 2.24) is 4.57 Å². The number of nitrogens with zero attached hydrogens (tertiary/aromatic N) is 2. The van der Waals surface area contributed by atoms with E-state index in [-0.39, 0.29) is 5.91 Å². The monoisotopic (exact) mass is 404 g/mol. The van der Waals surface area contributed by atoms with Crippen LogP contribution in [0, 0.1) is 0 Å². The number of rotatable bonds is 5. The number of carbonyl (C=O) groups is 1. The van der Waals surface area contributed by atoms with E-state index < -0.39 is 0 Å². The van der Waals surface area contributed by atoms with Crippen LogP contribution < -0.4 is 4.80 Å². The molecule has 3 rings (SSSR count). The zero-order valence-electron chi connectivity index (χ0n) is 13.2. The lowest BCUT2D eigenvalue weighted by atomic mass is 10.1. The number of thiazole rings is 1. The lowest BCUT2D eigenvalue weighted by Gasteiger charge is -2.04. The number of methoxy groups -OCH3 is 1. The predicted molar refractivity (Wildman–Crippen MR) is 100 cm³/mol. The van der Waals surface area contributed by atoms with Crippen LogP contribution in [0.5, 0.6) is 0 Å². The fourth-order valence-corrected chi connectivity index (χ4v) is 4.07. The smallest absolute Gasteiger partial charge is 0.252 e. The molecule has 0 radical (unpaired) electrons. The normalized spacial score (nSPS) is 12.0. The number of aromatic nitrogens is 1. The second-order valence-electron chi connectivity index (χ2n) is 5.31. The quantitative estimate of drug-likeness (QED) is 0.649. The van der Waals surface area contributed by atoms with Gasteiger partial charge in [0.25, 0.3) is 5.91 Å². The van der Waals surface area contributed by atoms with Crippen LogP contribution in [0.4, 0.5) is 0 Å². The molecule has 1 heterocycles. The Balaban J connectivity index is 1.98. The van der Waals surface area contributed by atoms with Gasteiger partial charge < -0.3 is 9.30 Å². The highest BCUT2D eigenvalue weighted by atomic mass is 79.9. The molecule has 0 atom stereocenters. The predicted octanol–water partition coefficient (Wildman–Crippen LogP) is 3.78. The molecular formula is C18H17BrN2O2S. The van der Waals surface area contributed by atoms with Crippen LogP contribution in [0.2, 0.25) is 0 Å². The lowest BCUT2D eigenvalue weighted by Crippen LogP contribution is -2.19. The molecule has 0 aliphatic rings. The maximum absolute atomic E-state index is 12.3. The van der Waals surface area contributed by atoms with Gasteiger partial charge in [0, 0.05) is 18.1 Å². The van der Waals surface area contributed by atoms with Crippen molar-refractivity contribution < 1.29 is 9.53 Å². The minimum atomic E-state index is -0.141. The van der Waals surface area contributed by atoms with Gasteiger partial charge in [-0.15, -0.1) is 0 Å². The lowest BCUT2D eigenvalue weighted by molar-refractivity contribution is -0.117. The molecule has 3 aromatic rings. The van der Waals surface area contributed by atoms with Gasteiger partial charge in [-0.1, -0.05) is 57.6 Å². The van der Waals surface area contributed by atoms with Crippen molar-refractivity contribution in [3.63, 3.8) is 0 Å². The van der Waals surface area contributed by atoms with Crippen molar-refractivity contribution in [2.45, 2.75) is 13.0 Å². The third kappa shape index (κ3) is 4.01. The Morgan fingerprint density at radius 3 is 2.79 bits per heavy atom. The van der Waals surface area contributed by atoms with E-state index in [0.717, 1.165) is 20.3 Å². The van der Waals surface area contributed by atoms with Crippen LogP contribution in [0.25, 0.3) is 10.2 Å². The van der Waals surface area contributed by atoms with Gasteiger partial charge in [-0.2, -0.15) is 4.99 Å². The number of amides is 1. The molecule has 6 heteroatoms. The van der Waals surface area contributed by atoms with E-state index in [4.69, 9.17) is 4.74 Å². The molecule has 124 valence electrons. The summed E-state index contributed by atoms with van der Waals surface area (Å²) in [4.78, 5) is 17.4. The Bertz CT molecular complexity index is 916. The number of hydrogen-bond donors (Lipinski definition) is 0. The molecule has 0 aliphatic carbocycles. The van der Waals surface area contributed by atoms with Crippen molar-refractivity contribution in [2.24, 2.45) is 4.99 Å². The van der Waals surface area contributed by atoms with Crippen LogP contribution >= 0.6 is 27.3 Å². The van der Waals surface area contributed by atoms with E-state index in [2.05, 4.69) is 20.9 Å². The largest absolute Gasteiger partial charge is 0.383 e. The van der Waals surface area contributed by atoms with Crippen LogP contribution in [-0.2, 0) is 22.5 Å². The summed E-state index contributed by atoms with van der Waals surface area (Å²) in [5, 5.41) is 0. The molecule has 0 aliphatic heterocycles. The second kappa shape index (κ2) is 7.88. The van der Waals surface area contributed by atoms with E-state index in [0.29, 0.717) is 24.4 Å². The third-order valence-corrected chi connectivity index (χ3v) is 5.12. The number of halogens is 1. The van der Waals surface area contributed by atoms with Crippen molar-refractivity contribution in [3.8, 4) is 0 Å². The van der Waals surface area contributed by atoms with Gasteiger partial charge in [-0.25, -0.2) is 0 Å². The van der Waals surface area contributed by atoms with E-state index >= 15 is 0 Å². The molecule has 24 heavy (non-hydrogen) atoms. The Morgan fingerprint density at radius 1 is 1.25 bits per heavy atom. The molecule has 0 saturated heterocycles. The summed E-state index contributed by atoms with van der Waals surface area (Å²) in [5.41, 5.74) is 2.03. The zero-order chi connectivity index (χ0) is 16.9. The average Bonchev–Trinajstić information content (AvgIpc) is 2.89. The van der Waals surface area contributed by atoms with Crippen molar-refractivity contribution in [1.29, 1.82) is 0 Å². The standard InChI is InChI=1S/C18H17BrN2O2S/c1-23-10-9-21-15-8-7-14(19)12-16(15)24-18(21)20-17(22)11-13-5-3-2-4-6-13/h2-8,12H,9-11H2,1H3. The van der Waals surface area contributed by atoms with Gasteiger partial charge >= 0.3 is 0 Å². The zero-order valence-corrected chi connectivity index (χ0v) is 15.6. The molecule has 0 spiro atoms. The summed E-state index contributed by atoms with van der Waals surface area (Å²) < 4.78 is 9.33. The maximum Gasteiger partial charge on any atom is 0.252 e. The fourth-order valence-electron chi connectivity index (χ4n) is 2.45. The van der Waals surface area contributed by atoms with Crippen LogP contribution in [0.1, 0.15) is 5.56 Å². The summed E-state index contributed by atoms with van der Waals surface area (Å²) in [6.45, 7) is 1.23. The Kier molecular flexibility index (Phi) is 5.60. The van der Waals surface area contributed by atoms with Gasteiger partial charge in [0.15, 0.2) is 4.80 Å². The molecule has 1 aromatic heterocycles. The molecule has 4 nitrogen and oxygen atoms in total. The van der Waals surface area contributed by atoms with Gasteiger partial charge in [0.2, 0.25) is 0 Å². The highest BCUT2D eigenvalue weighted by molar-refractivity contribution is 9.10. The molecular weight excluding hydrogens is 388 g/mol. The van der Waals surface area contributed by atoms with Gasteiger partial charge in [-0.3, -0.25) is 4.79 Å². The molecule has 0 bridgehead atoms. The van der Waals surface area contributed by atoms with E-state index in [1.165, 1.54) is 11.3 Å². The highest BCUT2D eigenvalue weighted by Crippen LogP contribution is 2.22. The first kappa shape index (κ1) is 17.1. The van der Waals surface area contributed by atoms with E-state index in [1.807, 2.05) is 53.1 Å². The minimum absolute atomic E-state index is 0.141. The minimum Gasteiger partial charge on any atom is -0.383 e. The van der Waals surface area contributed by atoms with Gasteiger partial charge in [0.05, 0.1) is 23.2 Å². The molecule has 1 amide bonds. The SMILES string of the molecule is COCCn1c(=NC(=O)Cc2ccccc2)sc2cc(Br)ccc21. The molecule has 0 N–H and O–H groups in total. The molecule has 0 unspecified atom stereocenters. The molecule has 0 saturated carbocycles. The van der Waals surface area contributed by atoms with Gasteiger partial charge in [-0.05, 0) is 23.8 Å². The highest BCUT2D eigenvalue weighted by Gasteiger charge is 2.09. The Labute approximate surface area is 152 Å². The number of benzene rings is 2. The maximum atomic E-state index is 12.3. The summed E-state index contributed by atoms with van der Waals surface area (Å²) >= 11 is 5.01. The van der Waals surface area contributed by atoms with Crippen LogP contribution in [0.3, 0.4) is 0 Å². The summed E-state index contributed by atoms with van der Waals surface area (Å²) in [5.74, 6) is -0.141. The van der Waals surface area contributed by atoms with Gasteiger partial charge in [0.1, 0.15) is 0 Å². The van der Waals surface area contributed by atoms with Crippen molar-refractivity contribution >= 4 is 43.4 Å². The number of hydrogen-bond acceptors (Lipinski definition) is 3. The first-order valence-electron chi connectivity index (χ1n) is 7.56. The van der Waals surface area contributed by atoms with Crippen LogP contribution in [-0.4, -0.2) is 24.2 Å². The number of fused-ring (bicyclic) bond motifs is 1. The summed E-state index contributed by atoms with van der Waals surface area (Å²) in [6.07, 6.45) is 0.309. The first-order chi connectivity index (χ1) is 11.7. The molecule has 2 aromatic carbocycles. The van der Waals surface area contributed by atoms with Crippen molar-refractivity contribution in [3.05, 3.63) is 63.4 Å². The second-order valence-corrected chi connectivity index (χ2v) is 7.23. The topological polar surface area (TPSA) is 43.6 Å². The third-order valence-electron chi connectivity index (χ3n) is 3.58. The Morgan fingerprint density at radius 2 is 2.04 bits per heavy atom. The van der Waals surface area contributed by atoms with Crippen LogP contribution in [0.15, 0.2) is 58.0 Å². The first-order valence-corrected chi connectivity index (χ1v) is 9.17. The van der Waals surface area contributed by atoms with E-state index in [1.54, 1.807) is 7.11 Å². The van der Waals surface area contributed by atoms with Crippen molar-refractivity contribution in [2.75, 3.05) is 13.7 Å². The average molecular weight is 405 g/mol. The Hall–Kier alpha value is -1.76. The fraction of sp³-hybridized carbons (Fsp3) is 0.222. The van der Waals surface area contributed by atoms with E-state index in [9.17, 15) is 4.79 Å². The number of ether oxygens (including phenoxy) is 1. The molecule has 0 fully saturated rings. The summed E-state index contributed by atoms with van der Waals surface area (Å²) in [7, 11) is 1.67.